The molecule has 2 aromatic rings. The zero-order valence-corrected chi connectivity index (χ0v) is 10.8. The van der Waals surface area contributed by atoms with Gasteiger partial charge in [-0.25, -0.2) is 9.79 Å². The van der Waals surface area contributed by atoms with Crippen LogP contribution >= 0.6 is 0 Å². The lowest BCUT2D eigenvalue weighted by molar-refractivity contribution is 0.102. The van der Waals surface area contributed by atoms with E-state index in [-0.39, 0.29) is 11.8 Å². The Morgan fingerprint density at radius 2 is 1.95 bits per heavy atom. The van der Waals surface area contributed by atoms with Crippen molar-refractivity contribution >= 4 is 23.9 Å². The van der Waals surface area contributed by atoms with Crippen LogP contribution in [0.5, 0.6) is 5.88 Å². The second kappa shape index (κ2) is 4.80. The van der Waals surface area contributed by atoms with E-state index in [1.165, 1.54) is 6.21 Å². The number of anilines is 1. The van der Waals surface area contributed by atoms with Gasteiger partial charge in [-0.3, -0.25) is 34.7 Å². The maximum absolute atomic E-state index is 12.0. The van der Waals surface area contributed by atoms with Crippen molar-refractivity contribution < 1.29 is 9.90 Å². The third kappa shape index (κ3) is 2.19. The van der Waals surface area contributed by atoms with E-state index >= 15 is 0 Å². The molecule has 5 N–H and O–H groups in total. The lowest BCUT2D eigenvalue weighted by atomic mass is 10.2. The molecule has 11 heteroatoms. The van der Waals surface area contributed by atoms with Crippen LogP contribution in [0.15, 0.2) is 19.4 Å². The van der Waals surface area contributed by atoms with Gasteiger partial charge in [-0.05, 0) is 0 Å². The Kier molecular flexibility index (Phi) is 2.94. The molecule has 1 aliphatic heterocycles. The predicted octanol–water partition coefficient (Wildman–Crippen LogP) is -1.64. The van der Waals surface area contributed by atoms with Crippen molar-refractivity contribution in [3.63, 3.8) is 0 Å². The Bertz CT molecular complexity index is 982. The number of nitrogens with one attached hydrogen (secondary N) is 4. The van der Waals surface area contributed by atoms with E-state index in [1.807, 2.05) is 4.98 Å². The Labute approximate surface area is 119 Å². The van der Waals surface area contributed by atoms with E-state index in [4.69, 9.17) is 0 Å². The first-order valence-electron chi connectivity index (χ1n) is 5.98. The van der Waals surface area contributed by atoms with Gasteiger partial charge in [0.25, 0.3) is 17.0 Å². The van der Waals surface area contributed by atoms with E-state index in [2.05, 4.69) is 20.3 Å². The molecule has 2 aromatic heterocycles. The average Bonchev–Trinajstić information content (AvgIpc) is 2.85. The largest absolute Gasteiger partial charge is 0.494 e. The highest BCUT2D eigenvalue weighted by Gasteiger charge is 2.20. The summed E-state index contributed by atoms with van der Waals surface area (Å²) in [6.45, 7) is 0. The molecule has 0 spiro atoms. The summed E-state index contributed by atoms with van der Waals surface area (Å²) in [5.74, 6) is -2.02. The Hall–Kier alpha value is -3.50. The monoisotopic (exact) mass is 304 g/mol. The first-order valence-corrected chi connectivity index (χ1v) is 5.98. The molecule has 0 unspecified atom stereocenters. The van der Waals surface area contributed by atoms with Crippen molar-refractivity contribution in [2.45, 2.75) is 6.42 Å². The van der Waals surface area contributed by atoms with Crippen LogP contribution in [0, 0.1) is 0 Å². The highest BCUT2D eigenvalue weighted by molar-refractivity contribution is 6.04. The third-order valence-electron chi connectivity index (χ3n) is 2.88. The van der Waals surface area contributed by atoms with Crippen LogP contribution in [-0.4, -0.2) is 37.2 Å². The van der Waals surface area contributed by atoms with Crippen molar-refractivity contribution in [1.82, 2.24) is 19.9 Å². The molecule has 11 nitrogen and oxygen atoms in total. The number of hydrogen-bond acceptors (Lipinski definition) is 7. The Morgan fingerprint density at radius 1 is 1.18 bits per heavy atom. The summed E-state index contributed by atoms with van der Waals surface area (Å²) in [4.78, 5) is 59.9. The maximum atomic E-state index is 12.0. The van der Waals surface area contributed by atoms with Gasteiger partial charge in [0.05, 0.1) is 5.56 Å². The van der Waals surface area contributed by atoms with Gasteiger partial charge in [0.1, 0.15) is 0 Å². The third-order valence-corrected chi connectivity index (χ3v) is 2.88. The summed E-state index contributed by atoms with van der Waals surface area (Å²) in [5.41, 5.74) is -2.87. The molecule has 0 bridgehead atoms. The van der Waals surface area contributed by atoms with Crippen LogP contribution in [0.1, 0.15) is 15.9 Å². The number of H-pyrrole nitrogens is 3. The number of nitrogens with zero attached hydrogens (tertiary/aromatic N) is 2. The molecule has 3 heterocycles. The van der Waals surface area contributed by atoms with Gasteiger partial charge in [-0.15, -0.1) is 0 Å². The Balaban J connectivity index is 1.98. The molecule has 1 aliphatic rings. The number of aromatic amines is 3. The van der Waals surface area contributed by atoms with Gasteiger partial charge >= 0.3 is 5.69 Å². The lowest BCUT2D eigenvalue weighted by Gasteiger charge is -2.05. The van der Waals surface area contributed by atoms with Gasteiger partial charge < -0.3 is 5.11 Å². The van der Waals surface area contributed by atoms with Crippen molar-refractivity contribution in [2.75, 3.05) is 5.32 Å². The number of aromatic nitrogens is 4. The maximum Gasteiger partial charge on any atom is 0.328 e. The fourth-order valence-electron chi connectivity index (χ4n) is 1.91. The first-order chi connectivity index (χ1) is 10.5. The molecule has 0 radical (unpaired) electrons. The number of carbonyl (C=O) groups is 1. The van der Waals surface area contributed by atoms with Crippen LogP contribution < -0.4 is 22.1 Å². The minimum absolute atomic E-state index is 0.165. The van der Waals surface area contributed by atoms with E-state index in [1.54, 1.807) is 4.98 Å². The number of aromatic hydroxyl groups is 1. The van der Waals surface area contributed by atoms with Crippen LogP contribution in [-0.2, 0) is 6.42 Å². The summed E-state index contributed by atoms with van der Waals surface area (Å²) in [7, 11) is 0. The summed E-state index contributed by atoms with van der Waals surface area (Å²) in [6, 6.07) is 0. The van der Waals surface area contributed by atoms with E-state index in [0.29, 0.717) is 12.0 Å². The van der Waals surface area contributed by atoms with Crippen molar-refractivity contribution in [3.05, 3.63) is 42.3 Å². The fraction of sp³-hybridized carbons (Fsp3) is 0.0909. The summed E-state index contributed by atoms with van der Waals surface area (Å²) >= 11 is 0. The molecule has 112 valence electrons. The summed E-state index contributed by atoms with van der Waals surface area (Å²) in [5, 5.41) is 11.6. The number of rotatable bonds is 2. The molecule has 0 aliphatic carbocycles. The molecular formula is C11H8N6O5. The number of amides is 1. The van der Waals surface area contributed by atoms with Gasteiger partial charge in [-0.1, -0.05) is 0 Å². The Morgan fingerprint density at radius 3 is 2.68 bits per heavy atom. The minimum atomic E-state index is -1.08. The summed E-state index contributed by atoms with van der Waals surface area (Å²) < 4.78 is 0. The average molecular weight is 304 g/mol. The van der Waals surface area contributed by atoms with Gasteiger partial charge in [0, 0.05) is 12.6 Å². The topological polar surface area (TPSA) is 173 Å². The van der Waals surface area contributed by atoms with E-state index < -0.39 is 34.2 Å². The molecule has 22 heavy (non-hydrogen) atoms. The van der Waals surface area contributed by atoms with Crippen molar-refractivity contribution in [2.24, 2.45) is 4.99 Å². The zero-order valence-electron chi connectivity index (χ0n) is 10.8. The van der Waals surface area contributed by atoms with Gasteiger partial charge in [0.15, 0.2) is 11.4 Å². The predicted molar refractivity (Wildman–Crippen MR) is 74.0 cm³/mol. The minimum Gasteiger partial charge on any atom is -0.494 e. The van der Waals surface area contributed by atoms with Crippen LogP contribution in [0.3, 0.4) is 0 Å². The highest BCUT2D eigenvalue weighted by Crippen LogP contribution is 2.18. The molecular weight excluding hydrogens is 296 g/mol. The van der Waals surface area contributed by atoms with E-state index in [0.717, 1.165) is 0 Å². The van der Waals surface area contributed by atoms with Crippen molar-refractivity contribution in [1.29, 1.82) is 0 Å². The van der Waals surface area contributed by atoms with Crippen LogP contribution in [0.2, 0.25) is 0 Å². The molecule has 1 amide bonds. The molecule has 0 saturated carbocycles. The zero-order chi connectivity index (χ0) is 15.9. The second-order valence-corrected chi connectivity index (χ2v) is 4.32. The smallest absolute Gasteiger partial charge is 0.328 e. The molecule has 0 fully saturated rings. The van der Waals surface area contributed by atoms with Gasteiger partial charge in [-0.2, -0.15) is 4.98 Å². The van der Waals surface area contributed by atoms with Crippen molar-refractivity contribution in [3.8, 4) is 5.88 Å². The number of aliphatic imine (C=N–C) groups is 1. The van der Waals surface area contributed by atoms with Crippen LogP contribution in [0.4, 0.5) is 11.8 Å². The highest BCUT2D eigenvalue weighted by atomic mass is 16.3. The van der Waals surface area contributed by atoms with Crippen LogP contribution in [0.25, 0.3) is 0 Å². The standard InChI is InChI=1S/C11H8N6O5/c18-6-3-1-2-12-5(3)13-10(14-6)15-7(19)4-8(20)16-11(22)17-9(4)21/h2H,1H2,(H2,13,14,15,18,19)(H3,16,17,20,21,22). The number of fused-ring (bicyclic) bond motifs is 1. The van der Waals surface area contributed by atoms with E-state index in [9.17, 15) is 24.3 Å². The lowest BCUT2D eigenvalue weighted by Crippen LogP contribution is -2.31. The molecule has 0 atom stereocenters. The fourth-order valence-corrected chi connectivity index (χ4v) is 1.91. The molecule has 3 rings (SSSR count). The SMILES string of the molecule is O=C(Nc1nc2c(c(=O)[nH]1)CC=N2)c1c(O)[nH]c(=O)[nH]c1=O. The number of hydrogen-bond donors (Lipinski definition) is 5. The molecule has 0 aromatic carbocycles. The quantitative estimate of drug-likeness (QED) is 0.445. The molecule has 0 saturated heterocycles. The van der Waals surface area contributed by atoms with Gasteiger partial charge in [0.2, 0.25) is 11.8 Å². The summed E-state index contributed by atoms with van der Waals surface area (Å²) in [6.07, 6.45) is 1.84. The normalized spacial score (nSPS) is 12.2. The second-order valence-electron chi connectivity index (χ2n) is 4.32. The first kappa shape index (κ1) is 13.5. The number of carbonyl (C=O) groups excluding carboxylic acids is 1.